The van der Waals surface area contributed by atoms with E-state index < -0.39 is 5.91 Å². The summed E-state index contributed by atoms with van der Waals surface area (Å²) in [6.45, 7) is 1.93. The van der Waals surface area contributed by atoms with Crippen LogP contribution in [0.1, 0.15) is 35.7 Å². The molecule has 3 amide bonds. The second-order valence-electron chi connectivity index (χ2n) is 5.54. The summed E-state index contributed by atoms with van der Waals surface area (Å²) in [5.41, 5.74) is 6.63. The van der Waals surface area contributed by atoms with Gasteiger partial charge in [-0.2, -0.15) is 0 Å². The van der Waals surface area contributed by atoms with Crippen molar-refractivity contribution in [2.45, 2.75) is 26.2 Å². The molecule has 6 heteroatoms. The van der Waals surface area contributed by atoms with Crippen LogP contribution in [0.3, 0.4) is 0 Å². The van der Waals surface area contributed by atoms with Crippen LogP contribution in [0.5, 0.6) is 0 Å². The first-order valence-corrected chi connectivity index (χ1v) is 8.11. The van der Waals surface area contributed by atoms with Crippen LogP contribution in [0.2, 0.25) is 0 Å². The molecule has 0 saturated heterocycles. The van der Waals surface area contributed by atoms with Crippen molar-refractivity contribution in [3.63, 3.8) is 0 Å². The maximum Gasteiger partial charge on any atom is 0.269 e. The zero-order chi connectivity index (χ0) is 18.1. The average Bonchev–Trinajstić information content (AvgIpc) is 2.61. The third-order valence-electron chi connectivity index (χ3n) is 3.43. The Labute approximate surface area is 146 Å². The highest BCUT2D eigenvalue weighted by atomic mass is 16.2. The monoisotopic (exact) mass is 339 g/mol. The number of carbonyl (C=O) groups excluding carboxylic acids is 3. The van der Waals surface area contributed by atoms with Gasteiger partial charge in [-0.25, -0.2) is 0 Å². The molecule has 25 heavy (non-hydrogen) atoms. The van der Waals surface area contributed by atoms with Crippen LogP contribution < -0.4 is 16.2 Å². The summed E-state index contributed by atoms with van der Waals surface area (Å²) in [6, 6.07) is 15.7. The van der Waals surface area contributed by atoms with Crippen molar-refractivity contribution in [2.75, 3.05) is 5.32 Å². The summed E-state index contributed by atoms with van der Waals surface area (Å²) in [5, 5.41) is 2.75. The summed E-state index contributed by atoms with van der Waals surface area (Å²) < 4.78 is 0. The fraction of sp³-hybridized carbons (Fsp3) is 0.211. The molecular formula is C19H21N3O3. The van der Waals surface area contributed by atoms with Gasteiger partial charge in [0.2, 0.25) is 11.8 Å². The van der Waals surface area contributed by atoms with Crippen molar-refractivity contribution >= 4 is 23.4 Å². The van der Waals surface area contributed by atoms with Crippen LogP contribution in [0.25, 0.3) is 0 Å². The lowest BCUT2D eigenvalue weighted by atomic mass is 10.1. The van der Waals surface area contributed by atoms with E-state index in [4.69, 9.17) is 0 Å². The van der Waals surface area contributed by atoms with Gasteiger partial charge in [0, 0.05) is 17.7 Å². The van der Waals surface area contributed by atoms with Gasteiger partial charge >= 0.3 is 0 Å². The average molecular weight is 339 g/mol. The van der Waals surface area contributed by atoms with Crippen LogP contribution >= 0.6 is 0 Å². The number of amides is 3. The molecule has 2 aromatic rings. The molecule has 0 bridgehead atoms. The van der Waals surface area contributed by atoms with Crippen molar-refractivity contribution in [1.82, 2.24) is 10.9 Å². The second kappa shape index (κ2) is 9.22. The molecule has 130 valence electrons. The molecule has 6 nitrogen and oxygen atoms in total. The number of rotatable bonds is 6. The van der Waals surface area contributed by atoms with Gasteiger partial charge in [-0.1, -0.05) is 37.3 Å². The molecular weight excluding hydrogens is 318 g/mol. The highest BCUT2D eigenvalue weighted by Gasteiger charge is 2.08. The van der Waals surface area contributed by atoms with Crippen LogP contribution in [-0.2, 0) is 16.0 Å². The number of carbonyl (C=O) groups is 3. The maximum atomic E-state index is 12.0. The zero-order valence-electron chi connectivity index (χ0n) is 14.0. The van der Waals surface area contributed by atoms with Gasteiger partial charge < -0.3 is 5.32 Å². The van der Waals surface area contributed by atoms with Crippen LogP contribution in [0.15, 0.2) is 54.6 Å². The first kappa shape index (κ1) is 18.2. The molecule has 0 heterocycles. The Morgan fingerprint density at radius 3 is 2.16 bits per heavy atom. The summed E-state index contributed by atoms with van der Waals surface area (Å²) in [6.07, 6.45) is 1.41. The van der Waals surface area contributed by atoms with E-state index in [9.17, 15) is 14.4 Å². The van der Waals surface area contributed by atoms with Crippen molar-refractivity contribution in [3.05, 3.63) is 65.7 Å². The molecule has 0 unspecified atom stereocenters. The Hall–Kier alpha value is -3.15. The van der Waals surface area contributed by atoms with E-state index in [2.05, 4.69) is 16.2 Å². The van der Waals surface area contributed by atoms with Gasteiger partial charge in [-0.05, 0) is 36.2 Å². The molecule has 0 atom stereocenters. The maximum absolute atomic E-state index is 12.0. The lowest BCUT2D eigenvalue weighted by Crippen LogP contribution is -2.42. The number of benzene rings is 2. The third kappa shape index (κ3) is 6.10. The van der Waals surface area contributed by atoms with E-state index >= 15 is 0 Å². The number of anilines is 1. The molecule has 0 radical (unpaired) electrons. The zero-order valence-corrected chi connectivity index (χ0v) is 14.0. The molecule has 0 spiro atoms. The van der Waals surface area contributed by atoms with Crippen LogP contribution in [0, 0.1) is 0 Å². The largest absolute Gasteiger partial charge is 0.326 e. The van der Waals surface area contributed by atoms with E-state index in [1.54, 1.807) is 24.3 Å². The van der Waals surface area contributed by atoms with E-state index in [-0.39, 0.29) is 18.2 Å². The highest BCUT2D eigenvalue weighted by molar-refractivity contribution is 5.96. The minimum absolute atomic E-state index is 0.0622. The lowest BCUT2D eigenvalue weighted by molar-refractivity contribution is -0.121. The van der Waals surface area contributed by atoms with Gasteiger partial charge in [0.1, 0.15) is 0 Å². The predicted octanol–water partition coefficient (Wildman–Crippen LogP) is 2.43. The number of nitrogens with one attached hydrogen (secondary N) is 3. The number of hydrazine groups is 1. The van der Waals surface area contributed by atoms with E-state index in [0.717, 1.165) is 12.0 Å². The van der Waals surface area contributed by atoms with Gasteiger partial charge in [0.05, 0.1) is 6.42 Å². The van der Waals surface area contributed by atoms with Gasteiger partial charge in [-0.3, -0.25) is 25.2 Å². The molecule has 0 fully saturated rings. The van der Waals surface area contributed by atoms with Gasteiger partial charge in [-0.15, -0.1) is 0 Å². The second-order valence-corrected chi connectivity index (χ2v) is 5.54. The fourth-order valence-electron chi connectivity index (χ4n) is 2.18. The quantitative estimate of drug-likeness (QED) is 0.706. The molecule has 0 aliphatic rings. The minimum atomic E-state index is -0.423. The van der Waals surface area contributed by atoms with Crippen LogP contribution in [-0.4, -0.2) is 17.7 Å². The molecule has 2 rings (SSSR count). The van der Waals surface area contributed by atoms with Crippen molar-refractivity contribution in [1.29, 1.82) is 0 Å². The lowest BCUT2D eigenvalue weighted by Gasteiger charge is -2.09. The molecule has 0 saturated carbocycles. The van der Waals surface area contributed by atoms with Crippen LogP contribution in [0.4, 0.5) is 5.69 Å². The molecule has 0 aliphatic carbocycles. The smallest absolute Gasteiger partial charge is 0.269 e. The van der Waals surface area contributed by atoms with Crippen molar-refractivity contribution < 1.29 is 14.4 Å². The van der Waals surface area contributed by atoms with E-state index in [1.165, 1.54) is 0 Å². The SMILES string of the molecule is CCCC(=O)Nc1ccc(C(=O)NNC(=O)Cc2ccccc2)cc1. The first-order valence-electron chi connectivity index (χ1n) is 8.11. The fourth-order valence-corrected chi connectivity index (χ4v) is 2.18. The topological polar surface area (TPSA) is 87.3 Å². The third-order valence-corrected chi connectivity index (χ3v) is 3.43. The Bertz CT molecular complexity index is 727. The molecule has 0 aliphatic heterocycles. The summed E-state index contributed by atoms with van der Waals surface area (Å²) >= 11 is 0. The molecule has 2 aromatic carbocycles. The van der Waals surface area contributed by atoms with E-state index in [0.29, 0.717) is 17.7 Å². The number of hydrogen-bond donors (Lipinski definition) is 3. The Balaban J connectivity index is 1.82. The Morgan fingerprint density at radius 1 is 0.840 bits per heavy atom. The summed E-state index contributed by atoms with van der Waals surface area (Å²) in [7, 11) is 0. The molecule has 3 N–H and O–H groups in total. The number of hydrogen-bond acceptors (Lipinski definition) is 3. The van der Waals surface area contributed by atoms with Gasteiger partial charge in [0.25, 0.3) is 5.91 Å². The Kier molecular flexibility index (Phi) is 6.71. The minimum Gasteiger partial charge on any atom is -0.326 e. The molecule has 0 aromatic heterocycles. The standard InChI is InChI=1S/C19H21N3O3/c1-2-6-17(23)20-16-11-9-15(10-12-16)19(25)22-21-18(24)13-14-7-4-3-5-8-14/h3-5,7-12H,2,6,13H2,1H3,(H,20,23)(H,21,24)(H,22,25). The first-order chi connectivity index (χ1) is 12.1. The highest BCUT2D eigenvalue weighted by Crippen LogP contribution is 2.10. The van der Waals surface area contributed by atoms with Crippen molar-refractivity contribution in [2.24, 2.45) is 0 Å². The normalized spacial score (nSPS) is 9.96. The van der Waals surface area contributed by atoms with E-state index in [1.807, 2.05) is 37.3 Å². The summed E-state index contributed by atoms with van der Waals surface area (Å²) in [4.78, 5) is 35.4. The van der Waals surface area contributed by atoms with Gasteiger partial charge in [0.15, 0.2) is 0 Å². The van der Waals surface area contributed by atoms with Crippen molar-refractivity contribution in [3.8, 4) is 0 Å². The Morgan fingerprint density at radius 2 is 1.52 bits per heavy atom. The predicted molar refractivity (Wildman–Crippen MR) is 95.7 cm³/mol. The summed E-state index contributed by atoms with van der Waals surface area (Å²) in [5.74, 6) is -0.788.